The van der Waals surface area contributed by atoms with Crippen LogP contribution in [0, 0.1) is 0 Å². The lowest BCUT2D eigenvalue weighted by Crippen LogP contribution is -2.23. The van der Waals surface area contributed by atoms with Crippen molar-refractivity contribution >= 4 is 33.2 Å². The summed E-state index contributed by atoms with van der Waals surface area (Å²) in [6.45, 7) is 0. The Balaban J connectivity index is 1.66. The minimum atomic E-state index is -3.74. The predicted molar refractivity (Wildman–Crippen MR) is 116 cm³/mol. The Labute approximate surface area is 185 Å². The maximum Gasteiger partial charge on any atom is 0.246 e. The number of amides is 1. The van der Waals surface area contributed by atoms with Gasteiger partial charge < -0.3 is 14.6 Å². The minimum Gasteiger partial charge on any atom is -0.495 e. The third-order valence-corrected chi connectivity index (χ3v) is 6.43. The third kappa shape index (κ3) is 5.40. The predicted octanol–water partition coefficient (Wildman–Crippen LogP) is 3.22. The van der Waals surface area contributed by atoms with Gasteiger partial charge >= 0.3 is 0 Å². The van der Waals surface area contributed by atoms with Crippen LogP contribution in [-0.2, 0) is 21.2 Å². The quantitative estimate of drug-likeness (QED) is 0.544. The summed E-state index contributed by atoms with van der Waals surface area (Å²) in [7, 11) is 0.475. The number of halogens is 1. The SMILES string of the molecule is COc1ccc(NC(=O)CCc2nc(-c3ccc(Cl)cc3)no2)cc1S(=O)(=O)N(C)C. The van der Waals surface area contributed by atoms with Crippen molar-refractivity contribution in [2.75, 3.05) is 26.5 Å². The maximum atomic E-state index is 12.5. The van der Waals surface area contributed by atoms with Crippen LogP contribution >= 0.6 is 11.6 Å². The van der Waals surface area contributed by atoms with Crippen LogP contribution in [0.15, 0.2) is 51.9 Å². The molecule has 0 aliphatic heterocycles. The molecule has 0 spiro atoms. The minimum absolute atomic E-state index is 0.0395. The second kappa shape index (κ2) is 9.46. The number of sulfonamides is 1. The van der Waals surface area contributed by atoms with E-state index in [1.165, 1.54) is 33.3 Å². The lowest BCUT2D eigenvalue weighted by molar-refractivity contribution is -0.116. The molecule has 1 amide bonds. The highest BCUT2D eigenvalue weighted by atomic mass is 35.5. The van der Waals surface area contributed by atoms with Crippen molar-refractivity contribution in [2.24, 2.45) is 0 Å². The number of aryl methyl sites for hydroxylation is 1. The Hall–Kier alpha value is -2.95. The first-order valence-electron chi connectivity index (χ1n) is 9.19. The Morgan fingerprint density at radius 1 is 1.19 bits per heavy atom. The van der Waals surface area contributed by atoms with Crippen molar-refractivity contribution < 1.29 is 22.5 Å². The summed E-state index contributed by atoms with van der Waals surface area (Å²) in [4.78, 5) is 16.6. The summed E-state index contributed by atoms with van der Waals surface area (Å²) in [5.41, 5.74) is 1.08. The molecule has 0 aliphatic carbocycles. The number of carbonyl (C=O) groups excluding carboxylic acids is 1. The fourth-order valence-electron chi connectivity index (χ4n) is 2.67. The van der Waals surface area contributed by atoms with E-state index >= 15 is 0 Å². The smallest absolute Gasteiger partial charge is 0.246 e. The molecule has 0 atom stereocenters. The average molecular weight is 465 g/mol. The summed E-state index contributed by atoms with van der Waals surface area (Å²) in [6.07, 6.45) is 0.301. The number of nitrogens with one attached hydrogen (secondary N) is 1. The zero-order valence-corrected chi connectivity index (χ0v) is 18.7. The number of ether oxygens (including phenoxy) is 1. The van der Waals surface area contributed by atoms with Crippen molar-refractivity contribution in [3.05, 3.63) is 53.4 Å². The van der Waals surface area contributed by atoms with Crippen LogP contribution in [0.4, 0.5) is 5.69 Å². The van der Waals surface area contributed by atoms with Gasteiger partial charge in [-0.1, -0.05) is 16.8 Å². The molecule has 0 fully saturated rings. The van der Waals surface area contributed by atoms with Crippen molar-refractivity contribution in [2.45, 2.75) is 17.7 Å². The van der Waals surface area contributed by atoms with Gasteiger partial charge in [0.25, 0.3) is 0 Å². The highest BCUT2D eigenvalue weighted by Crippen LogP contribution is 2.29. The van der Waals surface area contributed by atoms with Gasteiger partial charge in [0.15, 0.2) is 0 Å². The number of aromatic nitrogens is 2. The second-order valence-corrected chi connectivity index (χ2v) is 9.28. The molecular weight excluding hydrogens is 444 g/mol. The summed E-state index contributed by atoms with van der Waals surface area (Å²) >= 11 is 5.87. The first-order chi connectivity index (χ1) is 14.7. The van der Waals surface area contributed by atoms with Crippen LogP contribution in [0.2, 0.25) is 5.02 Å². The molecule has 0 unspecified atom stereocenters. The number of anilines is 1. The monoisotopic (exact) mass is 464 g/mol. The van der Waals surface area contributed by atoms with E-state index in [1.807, 2.05) is 0 Å². The van der Waals surface area contributed by atoms with E-state index in [9.17, 15) is 13.2 Å². The van der Waals surface area contributed by atoms with Gasteiger partial charge in [-0.05, 0) is 42.5 Å². The van der Waals surface area contributed by atoms with E-state index < -0.39 is 10.0 Å². The zero-order valence-electron chi connectivity index (χ0n) is 17.1. The molecule has 0 saturated heterocycles. The molecule has 9 nitrogen and oxygen atoms in total. The summed E-state index contributed by atoms with van der Waals surface area (Å²) in [5, 5.41) is 7.18. The normalized spacial score (nSPS) is 11.5. The number of hydrogen-bond donors (Lipinski definition) is 1. The van der Waals surface area contributed by atoms with Gasteiger partial charge in [-0.2, -0.15) is 4.98 Å². The first-order valence-corrected chi connectivity index (χ1v) is 11.0. The number of benzene rings is 2. The molecule has 2 aromatic carbocycles. The molecule has 11 heteroatoms. The molecule has 3 rings (SSSR count). The maximum absolute atomic E-state index is 12.5. The van der Waals surface area contributed by atoms with Crippen LogP contribution in [0.5, 0.6) is 5.75 Å². The number of methoxy groups -OCH3 is 1. The third-order valence-electron chi connectivity index (χ3n) is 4.34. The Kier molecular flexibility index (Phi) is 6.94. The molecule has 0 saturated carbocycles. The van der Waals surface area contributed by atoms with Crippen LogP contribution in [0.25, 0.3) is 11.4 Å². The fourth-order valence-corrected chi connectivity index (χ4v) is 3.87. The highest BCUT2D eigenvalue weighted by molar-refractivity contribution is 7.89. The van der Waals surface area contributed by atoms with Gasteiger partial charge in [-0.15, -0.1) is 0 Å². The van der Waals surface area contributed by atoms with Crippen LogP contribution in [0.1, 0.15) is 12.3 Å². The van der Waals surface area contributed by atoms with Gasteiger partial charge in [0.05, 0.1) is 7.11 Å². The molecule has 1 N–H and O–H groups in total. The number of rotatable bonds is 8. The van der Waals surface area contributed by atoms with Crippen LogP contribution < -0.4 is 10.1 Å². The average Bonchev–Trinajstić information content (AvgIpc) is 3.21. The summed E-state index contributed by atoms with van der Waals surface area (Å²) < 4.78 is 36.4. The second-order valence-electron chi connectivity index (χ2n) is 6.72. The van der Waals surface area contributed by atoms with E-state index in [2.05, 4.69) is 15.5 Å². The topological polar surface area (TPSA) is 115 Å². The van der Waals surface area contributed by atoms with E-state index in [-0.39, 0.29) is 29.4 Å². The molecule has 1 aromatic heterocycles. The number of nitrogens with zero attached hydrogens (tertiary/aromatic N) is 3. The Morgan fingerprint density at radius 2 is 1.90 bits per heavy atom. The van der Waals surface area contributed by atoms with Crippen LogP contribution in [-0.4, -0.2) is 50.0 Å². The van der Waals surface area contributed by atoms with E-state index in [4.69, 9.17) is 20.9 Å². The number of carbonyl (C=O) groups is 1. The lowest BCUT2D eigenvalue weighted by Gasteiger charge is -2.15. The summed E-state index contributed by atoms with van der Waals surface area (Å²) in [6, 6.07) is 11.4. The standard InChI is InChI=1S/C20H21ClN4O5S/c1-25(2)31(27,28)17-12-15(8-9-16(17)29-3)22-18(26)10-11-19-23-20(24-30-19)13-4-6-14(21)7-5-13/h4-9,12H,10-11H2,1-3H3,(H,22,26). The van der Waals surface area contributed by atoms with Crippen molar-refractivity contribution in [3.63, 3.8) is 0 Å². The fraction of sp³-hybridized carbons (Fsp3) is 0.250. The van der Waals surface area contributed by atoms with Gasteiger partial charge in [0.1, 0.15) is 10.6 Å². The van der Waals surface area contributed by atoms with Gasteiger partial charge in [0, 0.05) is 43.2 Å². The van der Waals surface area contributed by atoms with Gasteiger partial charge in [0.2, 0.25) is 27.6 Å². The number of hydrogen-bond acceptors (Lipinski definition) is 7. The molecule has 164 valence electrons. The molecule has 0 aliphatic rings. The van der Waals surface area contributed by atoms with Crippen molar-refractivity contribution in [1.29, 1.82) is 0 Å². The Morgan fingerprint density at radius 3 is 2.55 bits per heavy atom. The van der Waals surface area contributed by atoms with Crippen molar-refractivity contribution in [3.8, 4) is 17.1 Å². The molecule has 1 heterocycles. The van der Waals surface area contributed by atoms with Crippen molar-refractivity contribution in [1.82, 2.24) is 14.4 Å². The Bertz CT molecular complexity index is 1180. The van der Waals surface area contributed by atoms with Crippen LogP contribution in [0.3, 0.4) is 0 Å². The van der Waals surface area contributed by atoms with E-state index in [0.717, 1.165) is 9.87 Å². The molecular formula is C20H21ClN4O5S. The molecule has 3 aromatic rings. The van der Waals surface area contributed by atoms with Gasteiger partial charge in [-0.25, -0.2) is 12.7 Å². The molecule has 0 bridgehead atoms. The highest BCUT2D eigenvalue weighted by Gasteiger charge is 2.23. The van der Waals surface area contributed by atoms with Gasteiger partial charge in [-0.3, -0.25) is 4.79 Å². The molecule has 31 heavy (non-hydrogen) atoms. The lowest BCUT2D eigenvalue weighted by atomic mass is 10.2. The van der Waals surface area contributed by atoms with E-state index in [0.29, 0.717) is 22.4 Å². The first kappa shape index (κ1) is 22.7. The molecule has 0 radical (unpaired) electrons. The largest absolute Gasteiger partial charge is 0.495 e. The summed E-state index contributed by atoms with van der Waals surface area (Å²) in [5.74, 6) is 0.573. The zero-order chi connectivity index (χ0) is 22.6. The van der Waals surface area contributed by atoms with E-state index in [1.54, 1.807) is 30.3 Å².